The first kappa shape index (κ1) is 11.0. The van der Waals surface area contributed by atoms with Crippen LogP contribution in [0.3, 0.4) is 0 Å². The van der Waals surface area contributed by atoms with Gasteiger partial charge in [-0.05, 0) is 19.1 Å². The number of quaternary nitrogens is 1. The monoisotopic (exact) mass is 194 g/mol. The van der Waals surface area contributed by atoms with Crippen molar-refractivity contribution in [1.29, 1.82) is 0 Å². The Bertz CT molecular complexity index is 246. The molecule has 0 aliphatic carbocycles. The summed E-state index contributed by atoms with van der Waals surface area (Å²) < 4.78 is 0. The highest BCUT2D eigenvalue weighted by Crippen LogP contribution is 2.06. The molecular weight excluding hydrogens is 174 g/mol. The van der Waals surface area contributed by atoms with E-state index in [0.717, 1.165) is 25.5 Å². The molecule has 0 atom stereocenters. The van der Waals surface area contributed by atoms with Crippen molar-refractivity contribution in [2.75, 3.05) is 38.6 Å². The number of pyridine rings is 1. The summed E-state index contributed by atoms with van der Waals surface area (Å²) >= 11 is 0. The average molecular weight is 194 g/mol. The molecule has 1 rings (SSSR count). The molecule has 1 N–H and O–H groups in total. The van der Waals surface area contributed by atoms with E-state index in [-0.39, 0.29) is 0 Å². The Morgan fingerprint density at radius 1 is 1.36 bits per heavy atom. The maximum absolute atomic E-state index is 4.34. The fraction of sp³-hybridized carbons (Fsp3) is 0.545. The summed E-state index contributed by atoms with van der Waals surface area (Å²) in [6.45, 7) is 5.39. The second-order valence-corrected chi connectivity index (χ2v) is 3.72. The minimum Gasteiger partial charge on any atom is -0.351 e. The smallest absolute Gasteiger partial charge is 0.128 e. The van der Waals surface area contributed by atoms with Gasteiger partial charge in [0, 0.05) is 12.7 Å². The summed E-state index contributed by atoms with van der Waals surface area (Å²) in [6.07, 6.45) is 1.85. The van der Waals surface area contributed by atoms with Gasteiger partial charge in [-0.1, -0.05) is 6.07 Å². The van der Waals surface area contributed by atoms with Crippen LogP contribution in [0, 0.1) is 0 Å². The zero-order valence-electron chi connectivity index (χ0n) is 9.33. The van der Waals surface area contributed by atoms with Gasteiger partial charge < -0.3 is 9.80 Å². The number of anilines is 1. The van der Waals surface area contributed by atoms with Gasteiger partial charge in [-0.2, -0.15) is 0 Å². The van der Waals surface area contributed by atoms with Crippen molar-refractivity contribution in [1.82, 2.24) is 4.98 Å². The number of aromatic nitrogens is 1. The molecule has 0 amide bonds. The second-order valence-electron chi connectivity index (χ2n) is 3.72. The molecular formula is C11H20N3+. The molecule has 1 aromatic heterocycles. The van der Waals surface area contributed by atoms with Crippen molar-refractivity contribution in [2.24, 2.45) is 0 Å². The molecule has 0 spiro atoms. The highest BCUT2D eigenvalue weighted by Gasteiger charge is 2.05. The summed E-state index contributed by atoms with van der Waals surface area (Å²) in [4.78, 5) is 8.11. The molecule has 0 radical (unpaired) electrons. The van der Waals surface area contributed by atoms with Crippen LogP contribution >= 0.6 is 0 Å². The molecule has 3 heteroatoms. The first-order valence-corrected chi connectivity index (χ1v) is 5.19. The Morgan fingerprint density at radius 3 is 2.64 bits per heavy atom. The number of nitrogens with zero attached hydrogens (tertiary/aromatic N) is 2. The average Bonchev–Trinajstić information content (AvgIpc) is 2.20. The normalized spacial score (nSPS) is 10.6. The summed E-state index contributed by atoms with van der Waals surface area (Å²) in [5.41, 5.74) is 0. The zero-order valence-corrected chi connectivity index (χ0v) is 9.33. The van der Waals surface area contributed by atoms with E-state index >= 15 is 0 Å². The predicted octanol–water partition coefficient (Wildman–Crippen LogP) is 0.0524. The van der Waals surface area contributed by atoms with Crippen molar-refractivity contribution < 1.29 is 4.90 Å². The Kier molecular flexibility index (Phi) is 4.40. The molecule has 0 aliphatic heterocycles. The van der Waals surface area contributed by atoms with E-state index in [9.17, 15) is 0 Å². The molecule has 0 bridgehead atoms. The molecule has 1 aromatic rings. The number of hydrogen-bond acceptors (Lipinski definition) is 2. The maximum Gasteiger partial charge on any atom is 0.128 e. The van der Waals surface area contributed by atoms with Crippen LogP contribution in [0.2, 0.25) is 0 Å². The van der Waals surface area contributed by atoms with Crippen LogP contribution in [0.4, 0.5) is 5.82 Å². The summed E-state index contributed by atoms with van der Waals surface area (Å²) in [5.74, 6) is 1.08. The van der Waals surface area contributed by atoms with E-state index in [2.05, 4.69) is 37.0 Å². The Morgan fingerprint density at radius 2 is 2.14 bits per heavy atom. The lowest BCUT2D eigenvalue weighted by Crippen LogP contribution is -3.06. The van der Waals surface area contributed by atoms with Gasteiger partial charge in [0.05, 0.1) is 27.2 Å². The third-order valence-electron chi connectivity index (χ3n) is 2.24. The summed E-state index contributed by atoms with van der Waals surface area (Å²) in [6, 6.07) is 6.05. The van der Waals surface area contributed by atoms with Gasteiger partial charge >= 0.3 is 0 Å². The topological polar surface area (TPSA) is 20.6 Å². The van der Waals surface area contributed by atoms with Crippen molar-refractivity contribution in [2.45, 2.75) is 6.92 Å². The fourth-order valence-electron chi connectivity index (χ4n) is 1.33. The Hall–Kier alpha value is -1.09. The molecule has 0 aromatic carbocycles. The number of hydrogen-bond donors (Lipinski definition) is 1. The lowest BCUT2D eigenvalue weighted by atomic mass is 10.4. The molecule has 78 valence electrons. The van der Waals surface area contributed by atoms with E-state index in [0.29, 0.717) is 0 Å². The molecule has 3 nitrogen and oxygen atoms in total. The van der Waals surface area contributed by atoms with Crippen LogP contribution < -0.4 is 9.80 Å². The largest absolute Gasteiger partial charge is 0.351 e. The summed E-state index contributed by atoms with van der Waals surface area (Å²) in [7, 11) is 4.35. The Balaban J connectivity index is 2.54. The summed E-state index contributed by atoms with van der Waals surface area (Å²) in [5, 5.41) is 0. The SMILES string of the molecule is CCN(CC[NH+](C)C)c1ccccn1. The number of likely N-dealkylation sites (N-methyl/N-ethyl adjacent to an activating group) is 2. The van der Waals surface area contributed by atoms with Gasteiger partial charge in [0.1, 0.15) is 5.82 Å². The van der Waals surface area contributed by atoms with E-state index < -0.39 is 0 Å². The quantitative estimate of drug-likeness (QED) is 0.715. The predicted molar refractivity (Wildman–Crippen MR) is 59.8 cm³/mol. The van der Waals surface area contributed by atoms with Gasteiger partial charge in [-0.3, -0.25) is 0 Å². The van der Waals surface area contributed by atoms with E-state index in [1.54, 1.807) is 0 Å². The number of nitrogens with one attached hydrogen (secondary N) is 1. The van der Waals surface area contributed by atoms with Crippen LogP contribution in [0.5, 0.6) is 0 Å². The first-order chi connectivity index (χ1) is 6.74. The van der Waals surface area contributed by atoms with Gasteiger partial charge in [0.15, 0.2) is 0 Å². The minimum atomic E-state index is 1.02. The molecule has 0 aliphatic rings. The van der Waals surface area contributed by atoms with Crippen molar-refractivity contribution in [3.63, 3.8) is 0 Å². The van der Waals surface area contributed by atoms with Gasteiger partial charge in [-0.15, -0.1) is 0 Å². The van der Waals surface area contributed by atoms with Gasteiger partial charge in [0.2, 0.25) is 0 Å². The van der Waals surface area contributed by atoms with Crippen molar-refractivity contribution >= 4 is 5.82 Å². The lowest BCUT2D eigenvalue weighted by molar-refractivity contribution is -0.856. The standard InChI is InChI=1S/C11H19N3/c1-4-14(10-9-13(2)3)11-7-5-6-8-12-11/h5-8H,4,9-10H2,1-3H3/p+1. The van der Waals surface area contributed by atoms with Crippen molar-refractivity contribution in [3.05, 3.63) is 24.4 Å². The third kappa shape index (κ3) is 3.34. The van der Waals surface area contributed by atoms with Crippen LogP contribution in [0.25, 0.3) is 0 Å². The maximum atomic E-state index is 4.34. The third-order valence-corrected chi connectivity index (χ3v) is 2.24. The first-order valence-electron chi connectivity index (χ1n) is 5.19. The Labute approximate surface area is 86.4 Å². The van der Waals surface area contributed by atoms with Crippen LogP contribution in [-0.4, -0.2) is 38.7 Å². The number of rotatable bonds is 5. The second kappa shape index (κ2) is 5.60. The highest BCUT2D eigenvalue weighted by molar-refractivity contribution is 5.37. The molecule has 0 unspecified atom stereocenters. The van der Waals surface area contributed by atoms with Crippen LogP contribution in [0.15, 0.2) is 24.4 Å². The fourth-order valence-corrected chi connectivity index (χ4v) is 1.33. The molecule has 0 saturated heterocycles. The molecule has 0 fully saturated rings. The van der Waals surface area contributed by atoms with Crippen LogP contribution in [-0.2, 0) is 0 Å². The van der Waals surface area contributed by atoms with Crippen LogP contribution in [0.1, 0.15) is 6.92 Å². The molecule has 0 saturated carbocycles. The zero-order chi connectivity index (χ0) is 10.4. The lowest BCUT2D eigenvalue weighted by Gasteiger charge is -2.22. The van der Waals surface area contributed by atoms with E-state index in [1.807, 2.05) is 18.3 Å². The molecule has 14 heavy (non-hydrogen) atoms. The van der Waals surface area contributed by atoms with Crippen molar-refractivity contribution in [3.8, 4) is 0 Å². The van der Waals surface area contributed by atoms with Gasteiger partial charge in [0.25, 0.3) is 0 Å². The van der Waals surface area contributed by atoms with Gasteiger partial charge in [-0.25, -0.2) is 4.98 Å². The van der Waals surface area contributed by atoms with E-state index in [4.69, 9.17) is 0 Å². The minimum absolute atomic E-state index is 1.02. The van der Waals surface area contributed by atoms with E-state index in [1.165, 1.54) is 4.90 Å². The molecule has 1 heterocycles. The highest BCUT2D eigenvalue weighted by atomic mass is 15.2.